The molecule has 2 fully saturated rings. The van der Waals surface area contributed by atoms with E-state index in [1.807, 2.05) is 36.4 Å². The van der Waals surface area contributed by atoms with Gasteiger partial charge in [-0.2, -0.15) is 5.10 Å². The predicted octanol–water partition coefficient (Wildman–Crippen LogP) is 5.63. The Morgan fingerprint density at radius 2 is 1.79 bits per heavy atom. The lowest BCUT2D eigenvalue weighted by atomic mass is 9.91. The van der Waals surface area contributed by atoms with Gasteiger partial charge in [-0.15, -0.1) is 0 Å². The topological polar surface area (TPSA) is 112 Å². The number of likely N-dealkylation sites (N-methyl/N-ethyl adjacent to an activating group) is 1. The Kier molecular flexibility index (Phi) is 10.0. The van der Waals surface area contributed by atoms with E-state index < -0.39 is 5.92 Å². The van der Waals surface area contributed by atoms with Gasteiger partial charge >= 0.3 is 5.97 Å². The second kappa shape index (κ2) is 14.5. The molecule has 2 aliphatic rings. The van der Waals surface area contributed by atoms with Crippen molar-refractivity contribution in [2.24, 2.45) is 5.92 Å². The summed E-state index contributed by atoms with van der Waals surface area (Å²) < 4.78 is 25.5. The molecule has 1 aromatic heterocycles. The van der Waals surface area contributed by atoms with Crippen LogP contribution in [0.2, 0.25) is 0 Å². The number of halogens is 1. The van der Waals surface area contributed by atoms with Crippen molar-refractivity contribution in [3.8, 4) is 0 Å². The largest absolute Gasteiger partial charge is 0.464 e. The molecule has 1 atom stereocenters. The first-order valence-corrected chi connectivity index (χ1v) is 16.4. The molecule has 3 aromatic carbocycles. The van der Waals surface area contributed by atoms with Crippen LogP contribution in [0.1, 0.15) is 54.1 Å². The van der Waals surface area contributed by atoms with Gasteiger partial charge < -0.3 is 29.9 Å². The first-order chi connectivity index (χ1) is 22.7. The molecule has 47 heavy (non-hydrogen) atoms. The third-order valence-electron chi connectivity index (χ3n) is 9.03. The van der Waals surface area contributed by atoms with Gasteiger partial charge in [0.25, 0.3) is 5.91 Å². The van der Waals surface area contributed by atoms with Crippen LogP contribution in [0, 0.1) is 11.7 Å². The number of ether oxygens (including phenoxy) is 2. The van der Waals surface area contributed by atoms with E-state index in [9.17, 15) is 14.0 Å². The quantitative estimate of drug-likeness (QED) is 0.191. The third-order valence-corrected chi connectivity index (χ3v) is 9.03. The van der Waals surface area contributed by atoms with Gasteiger partial charge in [-0.3, -0.25) is 14.7 Å². The summed E-state index contributed by atoms with van der Waals surface area (Å²) >= 11 is 0. The number of H-pyrrole nitrogens is 1. The van der Waals surface area contributed by atoms with Crippen molar-refractivity contribution in [3.63, 3.8) is 0 Å². The normalized spacial score (nSPS) is 16.7. The minimum Gasteiger partial charge on any atom is -0.464 e. The number of benzene rings is 3. The first kappa shape index (κ1) is 32.5. The number of fused-ring (bicyclic) bond motifs is 1. The molecule has 2 saturated heterocycles. The first-order valence-electron chi connectivity index (χ1n) is 16.4. The monoisotopic (exact) mass is 642 g/mol. The molecule has 0 radical (unpaired) electrons. The smallest absolute Gasteiger partial charge is 0.308 e. The number of rotatable bonds is 10. The molecular formula is C36H43FN6O4. The predicted molar refractivity (Wildman–Crippen MR) is 182 cm³/mol. The third kappa shape index (κ3) is 7.74. The van der Waals surface area contributed by atoms with Crippen LogP contribution in [-0.4, -0.2) is 86.1 Å². The number of aromatic amines is 1. The molecule has 6 rings (SSSR count). The highest BCUT2D eigenvalue weighted by molar-refractivity contribution is 6.11. The van der Waals surface area contributed by atoms with Gasteiger partial charge in [0.05, 0.1) is 17.0 Å². The lowest BCUT2D eigenvalue weighted by molar-refractivity contribution is -0.147. The van der Waals surface area contributed by atoms with E-state index in [1.54, 1.807) is 19.9 Å². The average molecular weight is 643 g/mol. The zero-order valence-electron chi connectivity index (χ0n) is 27.2. The van der Waals surface area contributed by atoms with E-state index in [0.717, 1.165) is 61.5 Å². The fourth-order valence-electron chi connectivity index (χ4n) is 6.13. The number of hydrogen-bond acceptors (Lipinski definition) is 8. The lowest BCUT2D eigenvalue weighted by Crippen LogP contribution is -2.44. The van der Waals surface area contributed by atoms with Crippen molar-refractivity contribution in [2.75, 3.05) is 68.6 Å². The van der Waals surface area contributed by atoms with Crippen LogP contribution < -0.4 is 15.5 Å². The number of carbonyl (C=O) groups is 2. The summed E-state index contributed by atoms with van der Waals surface area (Å²) in [5, 5.41) is 14.8. The molecule has 3 N–H and O–H groups in total. The van der Waals surface area contributed by atoms with Crippen molar-refractivity contribution < 1.29 is 23.5 Å². The number of hydrogen-bond donors (Lipinski definition) is 3. The molecule has 10 nitrogen and oxygen atoms in total. The van der Waals surface area contributed by atoms with E-state index in [1.165, 1.54) is 12.1 Å². The highest BCUT2D eigenvalue weighted by Gasteiger charge is 2.24. The number of esters is 1. The molecule has 2 aliphatic heterocycles. The fraction of sp³-hybridized carbons (Fsp3) is 0.417. The molecule has 11 heteroatoms. The van der Waals surface area contributed by atoms with E-state index >= 15 is 0 Å². The van der Waals surface area contributed by atoms with Crippen LogP contribution in [0.4, 0.5) is 21.6 Å². The minimum atomic E-state index is -0.423. The van der Waals surface area contributed by atoms with Gasteiger partial charge in [-0.25, -0.2) is 4.39 Å². The van der Waals surface area contributed by atoms with Gasteiger partial charge in [0.2, 0.25) is 0 Å². The van der Waals surface area contributed by atoms with Gasteiger partial charge in [0, 0.05) is 68.1 Å². The molecule has 0 aliphatic carbocycles. The maximum atomic E-state index is 14.3. The summed E-state index contributed by atoms with van der Waals surface area (Å²) in [5.74, 6) is -1.31. The molecule has 0 bridgehead atoms. The SMILES string of the molecule is CC(C)C(=O)OCC(c1cccc(F)c1)c1ccc2[nH]nc(NC(=O)c3ccc(N4CCN(C)CC4)cc3NC3CCOCC3)c2c1. The summed E-state index contributed by atoms with van der Waals surface area (Å²) in [6, 6.07) is 18.2. The molecule has 0 saturated carbocycles. The van der Waals surface area contributed by atoms with Gasteiger partial charge in [0.15, 0.2) is 5.82 Å². The maximum Gasteiger partial charge on any atom is 0.308 e. The van der Waals surface area contributed by atoms with E-state index in [-0.39, 0.29) is 36.3 Å². The zero-order chi connectivity index (χ0) is 32.9. The molecule has 4 aromatic rings. The molecule has 1 amide bonds. The standard InChI is InChI=1S/C36H43FN6O4/c1-23(2)36(45)47-22-31(24-5-4-6-26(37)19-24)25-7-10-32-30(20-25)34(41-40-32)39-35(44)29-9-8-28(43-15-13-42(3)14-16-43)21-33(29)38-27-11-17-46-18-12-27/h4-10,19-21,23,27,31,38H,11-18,22H2,1-3H3,(H2,39,40,41,44). The van der Waals surface area contributed by atoms with Crippen LogP contribution in [0.5, 0.6) is 0 Å². The van der Waals surface area contributed by atoms with E-state index in [2.05, 4.69) is 43.7 Å². The van der Waals surface area contributed by atoms with E-state index in [0.29, 0.717) is 35.5 Å². The second-order valence-electron chi connectivity index (χ2n) is 12.8. The van der Waals surface area contributed by atoms with E-state index in [4.69, 9.17) is 9.47 Å². The molecule has 1 unspecified atom stereocenters. The zero-order valence-corrected chi connectivity index (χ0v) is 27.2. The number of nitrogens with one attached hydrogen (secondary N) is 3. The van der Waals surface area contributed by atoms with Crippen molar-refractivity contribution in [2.45, 2.75) is 38.6 Å². The Labute approximate surface area is 274 Å². The molecule has 3 heterocycles. The van der Waals surface area contributed by atoms with Crippen LogP contribution >= 0.6 is 0 Å². The van der Waals surface area contributed by atoms with Crippen LogP contribution in [0.15, 0.2) is 60.7 Å². The van der Waals surface area contributed by atoms with Gasteiger partial charge in [-0.1, -0.05) is 32.0 Å². The summed E-state index contributed by atoms with van der Waals surface area (Å²) in [7, 11) is 2.13. The number of aromatic nitrogens is 2. The summed E-state index contributed by atoms with van der Waals surface area (Å²) in [5.41, 5.74) is 4.60. The number of piperazine rings is 1. The Balaban J connectivity index is 1.28. The Morgan fingerprint density at radius 1 is 1.02 bits per heavy atom. The summed E-state index contributed by atoms with van der Waals surface area (Å²) in [6.07, 6.45) is 1.73. The van der Waals surface area contributed by atoms with Crippen molar-refractivity contribution >= 4 is 40.0 Å². The summed E-state index contributed by atoms with van der Waals surface area (Å²) in [6.45, 7) is 8.79. The average Bonchev–Trinajstić information content (AvgIpc) is 3.47. The highest BCUT2D eigenvalue weighted by atomic mass is 19.1. The number of nitrogens with zero attached hydrogens (tertiary/aromatic N) is 3. The lowest BCUT2D eigenvalue weighted by Gasteiger charge is -2.34. The Hall–Kier alpha value is -4.48. The van der Waals surface area contributed by atoms with Crippen molar-refractivity contribution in [3.05, 3.63) is 83.2 Å². The Morgan fingerprint density at radius 3 is 2.53 bits per heavy atom. The molecule has 0 spiro atoms. The number of amides is 1. The van der Waals surface area contributed by atoms with Crippen LogP contribution in [0.3, 0.4) is 0 Å². The minimum absolute atomic E-state index is 0.0480. The molecule has 248 valence electrons. The maximum absolute atomic E-state index is 14.3. The Bertz CT molecular complexity index is 1710. The van der Waals surface area contributed by atoms with Gasteiger partial charge in [0.1, 0.15) is 12.4 Å². The fourth-order valence-corrected chi connectivity index (χ4v) is 6.13. The highest BCUT2D eigenvalue weighted by Crippen LogP contribution is 2.32. The summed E-state index contributed by atoms with van der Waals surface area (Å²) in [4.78, 5) is 31.0. The van der Waals surface area contributed by atoms with Crippen molar-refractivity contribution in [1.82, 2.24) is 15.1 Å². The second-order valence-corrected chi connectivity index (χ2v) is 12.8. The number of carbonyl (C=O) groups excluding carboxylic acids is 2. The van der Waals surface area contributed by atoms with Crippen LogP contribution in [-0.2, 0) is 14.3 Å². The van der Waals surface area contributed by atoms with Gasteiger partial charge in [-0.05, 0) is 73.5 Å². The number of anilines is 3. The van der Waals surface area contributed by atoms with Crippen molar-refractivity contribution in [1.29, 1.82) is 0 Å². The van der Waals surface area contributed by atoms with Crippen LogP contribution in [0.25, 0.3) is 10.9 Å². The molecular weight excluding hydrogens is 599 g/mol.